The van der Waals surface area contributed by atoms with Gasteiger partial charge in [0, 0.05) is 31.7 Å². The molecule has 1 aliphatic heterocycles. The molecule has 1 fully saturated rings. The molecule has 0 unspecified atom stereocenters. The van der Waals surface area contributed by atoms with Crippen molar-refractivity contribution in [2.45, 2.75) is 6.42 Å². The first-order valence-electron chi connectivity index (χ1n) is 6.91. The lowest BCUT2D eigenvalue weighted by Gasteiger charge is -2.21. The lowest BCUT2D eigenvalue weighted by Crippen LogP contribution is -2.37. The van der Waals surface area contributed by atoms with E-state index < -0.39 is 15.8 Å². The quantitative estimate of drug-likeness (QED) is 0.827. The lowest BCUT2D eigenvalue weighted by atomic mass is 10.1. The molecule has 0 atom stereocenters. The van der Waals surface area contributed by atoms with Crippen LogP contribution in [0.25, 0.3) is 0 Å². The minimum absolute atomic E-state index is 0.0793. The van der Waals surface area contributed by atoms with E-state index in [2.05, 4.69) is 0 Å². The summed E-state index contributed by atoms with van der Waals surface area (Å²) in [7, 11) is -1.90. The lowest BCUT2D eigenvalue weighted by molar-refractivity contribution is 0.0763. The van der Waals surface area contributed by atoms with E-state index in [-0.39, 0.29) is 23.8 Å². The molecular weight excluding hydrogens is 311 g/mol. The van der Waals surface area contributed by atoms with Gasteiger partial charge in [0.1, 0.15) is 0 Å². The summed E-state index contributed by atoms with van der Waals surface area (Å²) in [5.41, 5.74) is 0.228. The zero-order valence-electron chi connectivity index (χ0n) is 12.6. The number of amides is 1. The number of sulfonamides is 1. The van der Waals surface area contributed by atoms with Crippen LogP contribution in [0.4, 0.5) is 4.39 Å². The number of carbonyl (C=O) groups is 1. The molecule has 1 aromatic rings. The molecule has 1 saturated heterocycles. The molecule has 6 nitrogen and oxygen atoms in total. The smallest absolute Gasteiger partial charge is 0.254 e. The van der Waals surface area contributed by atoms with E-state index in [1.165, 1.54) is 23.5 Å². The van der Waals surface area contributed by atoms with Crippen molar-refractivity contribution in [1.82, 2.24) is 9.21 Å². The molecule has 1 heterocycles. The van der Waals surface area contributed by atoms with Gasteiger partial charge in [0.05, 0.1) is 13.4 Å². The summed E-state index contributed by atoms with van der Waals surface area (Å²) in [5, 5.41) is 0. The Labute approximate surface area is 129 Å². The number of halogens is 1. The number of rotatable bonds is 3. The molecule has 0 radical (unpaired) electrons. The molecule has 0 saturated carbocycles. The fourth-order valence-corrected chi connectivity index (χ4v) is 3.28. The molecular formula is C14H19FN2O4S. The predicted octanol–water partition coefficient (Wildman–Crippen LogP) is 0.942. The van der Waals surface area contributed by atoms with Gasteiger partial charge in [-0.25, -0.2) is 17.1 Å². The maximum absolute atomic E-state index is 13.7. The molecule has 1 amide bonds. The van der Waals surface area contributed by atoms with Crippen molar-refractivity contribution < 1.29 is 22.3 Å². The highest BCUT2D eigenvalue weighted by Crippen LogP contribution is 2.19. The zero-order valence-corrected chi connectivity index (χ0v) is 13.4. The number of hydrogen-bond acceptors (Lipinski definition) is 4. The number of methoxy groups -OCH3 is 1. The van der Waals surface area contributed by atoms with Crippen molar-refractivity contribution in [2.75, 3.05) is 39.5 Å². The maximum atomic E-state index is 13.7. The average molecular weight is 330 g/mol. The van der Waals surface area contributed by atoms with Crippen LogP contribution in [-0.2, 0) is 10.0 Å². The first-order chi connectivity index (χ1) is 10.3. The Morgan fingerprint density at radius 3 is 2.55 bits per heavy atom. The van der Waals surface area contributed by atoms with Gasteiger partial charge in [-0.05, 0) is 24.6 Å². The van der Waals surface area contributed by atoms with Gasteiger partial charge >= 0.3 is 0 Å². The Morgan fingerprint density at radius 1 is 1.23 bits per heavy atom. The van der Waals surface area contributed by atoms with Gasteiger partial charge in [-0.3, -0.25) is 4.79 Å². The van der Waals surface area contributed by atoms with Crippen LogP contribution in [0.15, 0.2) is 18.2 Å². The highest BCUT2D eigenvalue weighted by Gasteiger charge is 2.24. The topological polar surface area (TPSA) is 66.9 Å². The van der Waals surface area contributed by atoms with Gasteiger partial charge in [0.15, 0.2) is 11.6 Å². The normalized spacial score (nSPS) is 17.1. The summed E-state index contributed by atoms with van der Waals surface area (Å²) in [5.74, 6) is -0.825. The minimum Gasteiger partial charge on any atom is -0.494 e. The van der Waals surface area contributed by atoms with Crippen LogP contribution in [0.2, 0.25) is 0 Å². The first-order valence-corrected chi connectivity index (χ1v) is 8.75. The minimum atomic E-state index is -3.26. The van der Waals surface area contributed by atoms with Gasteiger partial charge < -0.3 is 9.64 Å². The Kier molecular flexibility index (Phi) is 5.02. The number of ether oxygens (including phenoxy) is 1. The molecule has 1 aromatic carbocycles. The third-order valence-electron chi connectivity index (χ3n) is 3.61. The summed E-state index contributed by atoms with van der Waals surface area (Å²) >= 11 is 0. The molecule has 0 aromatic heterocycles. The van der Waals surface area contributed by atoms with Crippen LogP contribution >= 0.6 is 0 Å². The number of nitrogens with zero attached hydrogens (tertiary/aromatic N) is 2. The van der Waals surface area contributed by atoms with Gasteiger partial charge in [-0.2, -0.15) is 0 Å². The predicted molar refractivity (Wildman–Crippen MR) is 79.9 cm³/mol. The van der Waals surface area contributed by atoms with E-state index >= 15 is 0 Å². The second-order valence-electron chi connectivity index (χ2n) is 5.16. The largest absolute Gasteiger partial charge is 0.494 e. The summed E-state index contributed by atoms with van der Waals surface area (Å²) in [6, 6.07) is 4.05. The van der Waals surface area contributed by atoms with E-state index in [0.717, 1.165) is 12.3 Å². The van der Waals surface area contributed by atoms with Crippen LogP contribution in [0.3, 0.4) is 0 Å². The summed E-state index contributed by atoms with van der Waals surface area (Å²) in [4.78, 5) is 14.0. The second kappa shape index (κ2) is 6.62. The molecule has 122 valence electrons. The summed E-state index contributed by atoms with van der Waals surface area (Å²) in [6.07, 6.45) is 1.71. The third kappa shape index (κ3) is 3.75. The standard InChI is InChI=1S/C14H19FN2O4S/c1-21-13-5-4-11(10-12(13)15)14(18)16-6-3-7-17(9-8-16)22(2,19)20/h4-5,10H,3,6-9H2,1-2H3. The van der Waals surface area contributed by atoms with Crippen molar-refractivity contribution >= 4 is 15.9 Å². The van der Waals surface area contributed by atoms with E-state index in [4.69, 9.17) is 4.74 Å². The van der Waals surface area contributed by atoms with Crippen LogP contribution in [0.5, 0.6) is 5.75 Å². The highest BCUT2D eigenvalue weighted by atomic mass is 32.2. The van der Waals surface area contributed by atoms with Crippen LogP contribution in [0.1, 0.15) is 16.8 Å². The molecule has 0 aliphatic carbocycles. The zero-order chi connectivity index (χ0) is 16.3. The Hall–Kier alpha value is -1.67. The van der Waals surface area contributed by atoms with Crippen molar-refractivity contribution in [3.63, 3.8) is 0 Å². The van der Waals surface area contributed by atoms with Gasteiger partial charge in [-0.1, -0.05) is 0 Å². The van der Waals surface area contributed by atoms with E-state index in [1.807, 2.05) is 0 Å². The van der Waals surface area contributed by atoms with E-state index in [0.29, 0.717) is 26.1 Å². The fourth-order valence-electron chi connectivity index (χ4n) is 2.41. The van der Waals surface area contributed by atoms with Gasteiger partial charge in [0.25, 0.3) is 5.91 Å². The Bertz CT molecular complexity index is 663. The van der Waals surface area contributed by atoms with Gasteiger partial charge in [0.2, 0.25) is 10.0 Å². The van der Waals surface area contributed by atoms with Crippen LogP contribution < -0.4 is 4.74 Å². The summed E-state index contributed by atoms with van der Waals surface area (Å²) in [6.45, 7) is 1.38. The number of hydrogen-bond donors (Lipinski definition) is 0. The highest BCUT2D eigenvalue weighted by molar-refractivity contribution is 7.88. The van der Waals surface area contributed by atoms with Crippen LogP contribution in [-0.4, -0.2) is 63.1 Å². The average Bonchev–Trinajstić information content (AvgIpc) is 2.72. The molecule has 8 heteroatoms. The Morgan fingerprint density at radius 2 is 1.95 bits per heavy atom. The fraction of sp³-hybridized carbons (Fsp3) is 0.500. The van der Waals surface area contributed by atoms with E-state index in [1.54, 1.807) is 4.90 Å². The maximum Gasteiger partial charge on any atom is 0.254 e. The molecule has 1 aliphatic rings. The Balaban J connectivity index is 2.11. The van der Waals surface area contributed by atoms with Gasteiger partial charge in [-0.15, -0.1) is 0 Å². The SMILES string of the molecule is COc1ccc(C(=O)N2CCCN(S(C)(=O)=O)CC2)cc1F. The monoisotopic (exact) mass is 330 g/mol. The molecule has 2 rings (SSSR count). The number of benzene rings is 1. The summed E-state index contributed by atoms with van der Waals surface area (Å²) < 4.78 is 43.0. The first kappa shape index (κ1) is 16.7. The van der Waals surface area contributed by atoms with Crippen molar-refractivity contribution in [3.8, 4) is 5.75 Å². The van der Waals surface area contributed by atoms with E-state index in [9.17, 15) is 17.6 Å². The molecule has 0 bridgehead atoms. The van der Waals surface area contributed by atoms with Crippen LogP contribution in [0, 0.1) is 5.82 Å². The van der Waals surface area contributed by atoms with Crippen molar-refractivity contribution in [3.05, 3.63) is 29.6 Å². The third-order valence-corrected chi connectivity index (χ3v) is 4.91. The molecule has 0 spiro atoms. The number of carbonyl (C=O) groups excluding carboxylic acids is 1. The molecule has 0 N–H and O–H groups in total. The van der Waals surface area contributed by atoms with Crippen molar-refractivity contribution in [1.29, 1.82) is 0 Å². The second-order valence-corrected chi connectivity index (χ2v) is 7.14. The molecule has 22 heavy (non-hydrogen) atoms. The van der Waals surface area contributed by atoms with Crippen molar-refractivity contribution in [2.24, 2.45) is 0 Å².